The summed E-state index contributed by atoms with van der Waals surface area (Å²) in [6.45, 7) is 4.62. The van der Waals surface area contributed by atoms with E-state index in [-0.39, 0.29) is 23.9 Å². The highest BCUT2D eigenvalue weighted by Gasteiger charge is 2.45. The van der Waals surface area contributed by atoms with Gasteiger partial charge >= 0.3 is 0 Å². The first-order valence-electron chi connectivity index (χ1n) is 6.26. The Hall–Kier alpha value is -1.06. The van der Waals surface area contributed by atoms with Gasteiger partial charge < -0.3 is 10.2 Å². The van der Waals surface area contributed by atoms with Crippen LogP contribution in [0.4, 0.5) is 0 Å². The lowest BCUT2D eigenvalue weighted by Crippen LogP contribution is -2.63. The highest BCUT2D eigenvalue weighted by atomic mass is 16.2. The van der Waals surface area contributed by atoms with Crippen molar-refractivity contribution >= 4 is 11.8 Å². The van der Waals surface area contributed by atoms with Crippen LogP contribution in [-0.4, -0.2) is 35.3 Å². The zero-order valence-electron chi connectivity index (χ0n) is 10.0. The number of hydrogen-bond acceptors (Lipinski definition) is 2. The summed E-state index contributed by atoms with van der Waals surface area (Å²) in [7, 11) is 0. The Bertz CT molecular complexity index is 299. The molecular formula is C12H20N2O2. The molecule has 0 aromatic heterocycles. The molecule has 1 aliphatic heterocycles. The highest BCUT2D eigenvalue weighted by Crippen LogP contribution is 2.35. The van der Waals surface area contributed by atoms with Gasteiger partial charge in [-0.1, -0.05) is 13.3 Å². The number of amides is 2. The van der Waals surface area contributed by atoms with Crippen molar-refractivity contribution in [2.45, 2.75) is 51.6 Å². The molecule has 0 bridgehead atoms. The Balaban J connectivity index is 2.06. The molecule has 2 atom stereocenters. The second-order valence-electron chi connectivity index (χ2n) is 4.88. The number of rotatable bonds is 4. The average molecular weight is 224 g/mol. The Morgan fingerprint density at radius 1 is 1.38 bits per heavy atom. The monoisotopic (exact) mass is 224 g/mol. The molecule has 4 nitrogen and oxygen atoms in total. The molecule has 0 radical (unpaired) electrons. The molecular weight excluding hydrogens is 204 g/mol. The van der Waals surface area contributed by atoms with Crippen LogP contribution in [0.25, 0.3) is 0 Å². The molecule has 1 heterocycles. The van der Waals surface area contributed by atoms with E-state index >= 15 is 0 Å². The molecule has 1 saturated heterocycles. The molecule has 2 rings (SSSR count). The number of piperazine rings is 1. The van der Waals surface area contributed by atoms with E-state index in [4.69, 9.17) is 0 Å². The molecule has 4 heteroatoms. The van der Waals surface area contributed by atoms with Crippen LogP contribution in [0.2, 0.25) is 0 Å². The Labute approximate surface area is 96.4 Å². The summed E-state index contributed by atoms with van der Waals surface area (Å²) in [5.74, 6) is 0.531. The molecule has 90 valence electrons. The van der Waals surface area contributed by atoms with Gasteiger partial charge in [0.2, 0.25) is 11.8 Å². The average Bonchev–Trinajstić information content (AvgIpc) is 3.07. The molecule has 2 fully saturated rings. The van der Waals surface area contributed by atoms with E-state index in [1.54, 1.807) is 4.90 Å². The summed E-state index contributed by atoms with van der Waals surface area (Å²) in [5.41, 5.74) is 0. The second-order valence-corrected chi connectivity index (χ2v) is 4.88. The van der Waals surface area contributed by atoms with E-state index in [0.29, 0.717) is 12.5 Å². The molecule has 1 aliphatic carbocycles. The van der Waals surface area contributed by atoms with Crippen molar-refractivity contribution in [1.82, 2.24) is 10.2 Å². The first-order valence-corrected chi connectivity index (χ1v) is 6.26. The van der Waals surface area contributed by atoms with Gasteiger partial charge in [-0.2, -0.15) is 0 Å². The molecule has 0 spiro atoms. The van der Waals surface area contributed by atoms with E-state index in [1.165, 1.54) is 0 Å². The van der Waals surface area contributed by atoms with Crippen LogP contribution in [0, 0.1) is 5.92 Å². The van der Waals surface area contributed by atoms with Crippen molar-refractivity contribution in [2.24, 2.45) is 5.92 Å². The molecule has 2 unspecified atom stereocenters. The standard InChI is InChI=1S/C12H20N2O2/c1-3-4-7-14-8(2)11(15)13-10(12(14)16)9-5-6-9/h8-10H,3-7H2,1-2H3,(H,13,15). The van der Waals surface area contributed by atoms with Gasteiger partial charge in [0.05, 0.1) is 0 Å². The second kappa shape index (κ2) is 4.44. The minimum atomic E-state index is -0.297. The van der Waals surface area contributed by atoms with Crippen molar-refractivity contribution < 1.29 is 9.59 Å². The van der Waals surface area contributed by atoms with Crippen LogP contribution in [0.5, 0.6) is 0 Å². The van der Waals surface area contributed by atoms with Gasteiger partial charge in [0.25, 0.3) is 0 Å². The topological polar surface area (TPSA) is 49.4 Å². The fraction of sp³-hybridized carbons (Fsp3) is 0.833. The third-order valence-electron chi connectivity index (χ3n) is 3.54. The van der Waals surface area contributed by atoms with Gasteiger partial charge in [-0.05, 0) is 32.1 Å². The Morgan fingerprint density at radius 2 is 2.06 bits per heavy atom. The van der Waals surface area contributed by atoms with Crippen LogP contribution < -0.4 is 5.32 Å². The summed E-state index contributed by atoms with van der Waals surface area (Å²) in [5, 5.41) is 2.85. The van der Waals surface area contributed by atoms with Crippen LogP contribution in [0.1, 0.15) is 39.5 Å². The number of nitrogens with zero attached hydrogens (tertiary/aromatic N) is 1. The molecule has 1 N–H and O–H groups in total. The molecule has 0 aromatic rings. The molecule has 1 saturated carbocycles. The minimum Gasteiger partial charge on any atom is -0.342 e. The van der Waals surface area contributed by atoms with Gasteiger partial charge in [0.1, 0.15) is 12.1 Å². The van der Waals surface area contributed by atoms with Gasteiger partial charge in [0, 0.05) is 6.54 Å². The van der Waals surface area contributed by atoms with E-state index < -0.39 is 0 Å². The van der Waals surface area contributed by atoms with Crippen molar-refractivity contribution in [3.05, 3.63) is 0 Å². The summed E-state index contributed by atoms with van der Waals surface area (Å²) >= 11 is 0. The third kappa shape index (κ3) is 2.06. The van der Waals surface area contributed by atoms with Crippen LogP contribution in [0.3, 0.4) is 0 Å². The van der Waals surface area contributed by atoms with Crippen molar-refractivity contribution in [2.75, 3.05) is 6.54 Å². The van der Waals surface area contributed by atoms with Crippen LogP contribution >= 0.6 is 0 Å². The number of carbonyl (C=O) groups is 2. The van der Waals surface area contributed by atoms with Gasteiger partial charge in [0.15, 0.2) is 0 Å². The Morgan fingerprint density at radius 3 is 2.62 bits per heavy atom. The van der Waals surface area contributed by atoms with E-state index in [2.05, 4.69) is 12.2 Å². The van der Waals surface area contributed by atoms with Crippen molar-refractivity contribution in [3.8, 4) is 0 Å². The third-order valence-corrected chi connectivity index (χ3v) is 3.54. The quantitative estimate of drug-likeness (QED) is 0.771. The zero-order valence-corrected chi connectivity index (χ0v) is 10.0. The Kier molecular flexibility index (Phi) is 3.17. The van der Waals surface area contributed by atoms with Crippen molar-refractivity contribution in [3.63, 3.8) is 0 Å². The summed E-state index contributed by atoms with van der Waals surface area (Å²) < 4.78 is 0. The van der Waals surface area contributed by atoms with Gasteiger partial charge in [-0.15, -0.1) is 0 Å². The largest absolute Gasteiger partial charge is 0.342 e. The predicted molar refractivity (Wildman–Crippen MR) is 60.7 cm³/mol. The fourth-order valence-electron chi connectivity index (χ4n) is 2.23. The SMILES string of the molecule is CCCCN1C(=O)C(C2CC2)NC(=O)C1C. The van der Waals surface area contributed by atoms with E-state index in [0.717, 1.165) is 25.7 Å². The summed E-state index contributed by atoms with van der Waals surface area (Å²) in [4.78, 5) is 25.7. The van der Waals surface area contributed by atoms with E-state index in [1.807, 2.05) is 6.92 Å². The fourth-order valence-corrected chi connectivity index (χ4v) is 2.23. The van der Waals surface area contributed by atoms with Crippen LogP contribution in [0.15, 0.2) is 0 Å². The smallest absolute Gasteiger partial charge is 0.246 e. The lowest BCUT2D eigenvalue weighted by atomic mass is 10.0. The van der Waals surface area contributed by atoms with Crippen LogP contribution in [-0.2, 0) is 9.59 Å². The molecule has 2 amide bonds. The molecule has 0 aromatic carbocycles. The lowest BCUT2D eigenvalue weighted by molar-refractivity contribution is -0.149. The van der Waals surface area contributed by atoms with Crippen molar-refractivity contribution in [1.29, 1.82) is 0 Å². The normalized spacial score (nSPS) is 30.5. The lowest BCUT2D eigenvalue weighted by Gasteiger charge is -2.37. The summed E-state index contributed by atoms with van der Waals surface area (Å²) in [6.07, 6.45) is 4.17. The predicted octanol–water partition coefficient (Wildman–Crippen LogP) is 0.912. The number of hydrogen-bond donors (Lipinski definition) is 1. The maximum absolute atomic E-state index is 12.2. The number of unbranched alkanes of at least 4 members (excludes halogenated alkanes) is 1. The maximum atomic E-state index is 12.2. The molecule has 2 aliphatic rings. The number of carbonyl (C=O) groups excluding carboxylic acids is 2. The maximum Gasteiger partial charge on any atom is 0.246 e. The molecule has 16 heavy (non-hydrogen) atoms. The first kappa shape index (κ1) is 11.4. The van der Waals surface area contributed by atoms with Gasteiger partial charge in [-0.3, -0.25) is 9.59 Å². The highest BCUT2D eigenvalue weighted by molar-refractivity contribution is 5.97. The minimum absolute atomic E-state index is 0.00704. The zero-order chi connectivity index (χ0) is 11.7. The van der Waals surface area contributed by atoms with E-state index in [9.17, 15) is 9.59 Å². The first-order chi connectivity index (χ1) is 7.65. The van der Waals surface area contributed by atoms with Gasteiger partial charge in [-0.25, -0.2) is 0 Å². The number of nitrogens with one attached hydrogen (secondary N) is 1. The summed E-state index contributed by atoms with van der Waals surface area (Å²) in [6, 6.07) is -0.533.